The second-order valence-electron chi connectivity index (χ2n) is 13.1. The minimum absolute atomic E-state index is 0.0699. The highest BCUT2D eigenvalue weighted by atomic mass is 16.5. The standard InChI is InChI=1S/C16H30O5.C12H22O.C6H12.2C2H6/c1-10(2)11(3)12(18)8-15(4)7-6-13(19)16(15,21-5)14(20)9-17;1-6-8-12(4,5)11(7-2)9-10(3)13;1-2-4-6-5-3-1;2*1-2/h10-13,17-19H,6-9H2,1-5H3;6,8-10,13H,7H2,1-5H3;1-6H2;2*1-2H3/b;8-6-,11-9-;;;/t11?,12?,13-,15?,16+;;;;/m1..../s1. The van der Waals surface area contributed by atoms with Gasteiger partial charge in [-0.1, -0.05) is 138 Å². The number of Topliss-reactive ketones (excluding diaryl/α,β-unsaturated/α-hetero) is 1. The molecule has 0 heterocycles. The van der Waals surface area contributed by atoms with Gasteiger partial charge in [-0.15, -0.1) is 0 Å². The molecular formula is C38H76O6. The van der Waals surface area contributed by atoms with Gasteiger partial charge < -0.3 is 25.2 Å². The molecule has 6 atom stereocenters. The lowest BCUT2D eigenvalue weighted by Gasteiger charge is -2.44. The van der Waals surface area contributed by atoms with E-state index in [1.54, 1.807) is 6.92 Å². The Bertz CT molecular complexity index is 756. The molecule has 0 radical (unpaired) electrons. The third-order valence-electron chi connectivity index (χ3n) is 9.27. The second-order valence-corrected chi connectivity index (χ2v) is 13.1. The Morgan fingerprint density at radius 3 is 1.75 bits per heavy atom. The zero-order chi connectivity index (χ0) is 35.1. The molecule has 44 heavy (non-hydrogen) atoms. The third kappa shape index (κ3) is 15.0. The maximum absolute atomic E-state index is 12.3. The lowest BCUT2D eigenvalue weighted by Crippen LogP contribution is -2.59. The number of aliphatic hydroxyl groups excluding tert-OH is 4. The number of aliphatic hydroxyl groups is 4. The van der Waals surface area contributed by atoms with Gasteiger partial charge in [0, 0.05) is 17.9 Å². The van der Waals surface area contributed by atoms with Crippen molar-refractivity contribution in [1.29, 1.82) is 0 Å². The highest BCUT2D eigenvalue weighted by molar-refractivity contribution is 5.90. The van der Waals surface area contributed by atoms with Crippen LogP contribution in [0.15, 0.2) is 23.8 Å². The first-order valence-corrected chi connectivity index (χ1v) is 17.7. The molecule has 2 saturated carbocycles. The molecular weight excluding hydrogens is 552 g/mol. The van der Waals surface area contributed by atoms with E-state index >= 15 is 0 Å². The number of methoxy groups -OCH3 is 1. The molecule has 0 aromatic carbocycles. The van der Waals surface area contributed by atoms with Gasteiger partial charge in [0.15, 0.2) is 11.4 Å². The smallest absolute Gasteiger partial charge is 0.193 e. The molecule has 0 amide bonds. The van der Waals surface area contributed by atoms with E-state index in [1.807, 2.05) is 68.4 Å². The molecule has 0 aromatic rings. The van der Waals surface area contributed by atoms with Gasteiger partial charge in [0.2, 0.25) is 0 Å². The van der Waals surface area contributed by atoms with Gasteiger partial charge in [-0.05, 0) is 51.4 Å². The highest BCUT2D eigenvalue weighted by Gasteiger charge is 2.62. The molecule has 0 aliphatic heterocycles. The lowest BCUT2D eigenvalue weighted by atomic mass is 9.67. The Balaban J connectivity index is -0.000000617. The van der Waals surface area contributed by atoms with Crippen molar-refractivity contribution in [3.05, 3.63) is 23.8 Å². The van der Waals surface area contributed by atoms with Crippen molar-refractivity contribution in [3.8, 4) is 0 Å². The maximum atomic E-state index is 12.3. The van der Waals surface area contributed by atoms with E-state index in [1.165, 1.54) is 51.2 Å². The zero-order valence-corrected chi connectivity index (χ0v) is 31.5. The van der Waals surface area contributed by atoms with Crippen LogP contribution in [0, 0.1) is 22.7 Å². The van der Waals surface area contributed by atoms with Gasteiger partial charge in [-0.25, -0.2) is 0 Å². The van der Waals surface area contributed by atoms with E-state index in [2.05, 4.69) is 32.9 Å². The number of ether oxygens (including phenoxy) is 1. The van der Waals surface area contributed by atoms with Gasteiger partial charge >= 0.3 is 0 Å². The monoisotopic (exact) mass is 629 g/mol. The van der Waals surface area contributed by atoms with Crippen LogP contribution in [0.3, 0.4) is 0 Å². The lowest BCUT2D eigenvalue weighted by molar-refractivity contribution is -0.179. The summed E-state index contributed by atoms with van der Waals surface area (Å²) in [6.07, 6.45) is 15.7. The van der Waals surface area contributed by atoms with E-state index in [9.17, 15) is 25.2 Å². The molecule has 2 fully saturated rings. The summed E-state index contributed by atoms with van der Waals surface area (Å²) in [6.45, 7) is 25.5. The summed E-state index contributed by atoms with van der Waals surface area (Å²) >= 11 is 0. The van der Waals surface area contributed by atoms with Crippen molar-refractivity contribution in [2.45, 2.75) is 178 Å². The number of ketones is 1. The fraction of sp³-hybridized carbons (Fsp3) is 0.868. The minimum atomic E-state index is -1.43. The van der Waals surface area contributed by atoms with Crippen LogP contribution >= 0.6 is 0 Å². The molecule has 2 aliphatic rings. The van der Waals surface area contributed by atoms with Crippen LogP contribution in [0.4, 0.5) is 0 Å². The van der Waals surface area contributed by atoms with Gasteiger partial charge in [0.05, 0.1) is 18.3 Å². The quantitative estimate of drug-likeness (QED) is 0.170. The van der Waals surface area contributed by atoms with Crippen molar-refractivity contribution in [2.75, 3.05) is 13.7 Å². The molecule has 4 unspecified atom stereocenters. The summed E-state index contributed by atoms with van der Waals surface area (Å²) in [6, 6.07) is 0. The van der Waals surface area contributed by atoms with Crippen molar-refractivity contribution in [3.63, 3.8) is 0 Å². The minimum Gasteiger partial charge on any atom is -0.393 e. The first-order valence-electron chi connectivity index (χ1n) is 17.7. The fourth-order valence-corrected chi connectivity index (χ4v) is 6.39. The molecule has 0 aromatic heterocycles. The summed E-state index contributed by atoms with van der Waals surface area (Å²) in [7, 11) is 1.39. The molecule has 0 bridgehead atoms. The van der Waals surface area contributed by atoms with Crippen LogP contribution in [-0.4, -0.2) is 63.8 Å². The van der Waals surface area contributed by atoms with Crippen LogP contribution in [0.1, 0.15) is 154 Å². The Morgan fingerprint density at radius 2 is 1.43 bits per heavy atom. The van der Waals surface area contributed by atoms with Gasteiger partial charge in [0.1, 0.15) is 6.61 Å². The molecule has 0 saturated heterocycles. The number of carbonyl (C=O) groups excluding carboxylic acids is 1. The number of allylic oxidation sites excluding steroid dienone is 3. The number of rotatable bonds is 11. The highest BCUT2D eigenvalue weighted by Crippen LogP contribution is 2.52. The predicted octanol–water partition coefficient (Wildman–Crippen LogP) is 8.84. The number of hydrogen-bond acceptors (Lipinski definition) is 6. The van der Waals surface area contributed by atoms with Crippen molar-refractivity contribution < 1.29 is 30.0 Å². The normalized spacial score (nSPS) is 25.6. The van der Waals surface area contributed by atoms with Crippen LogP contribution in [0.2, 0.25) is 0 Å². The molecule has 264 valence electrons. The van der Waals surface area contributed by atoms with Crippen LogP contribution < -0.4 is 0 Å². The Morgan fingerprint density at radius 1 is 0.977 bits per heavy atom. The first kappa shape index (κ1) is 47.4. The van der Waals surface area contributed by atoms with Crippen LogP contribution in [0.25, 0.3) is 0 Å². The zero-order valence-electron chi connectivity index (χ0n) is 31.5. The predicted molar refractivity (Wildman–Crippen MR) is 189 cm³/mol. The van der Waals surface area contributed by atoms with Gasteiger partial charge in [-0.3, -0.25) is 4.79 Å². The summed E-state index contributed by atoms with van der Waals surface area (Å²) in [5, 5.41) is 39.3. The van der Waals surface area contributed by atoms with Crippen LogP contribution in [0.5, 0.6) is 0 Å². The maximum Gasteiger partial charge on any atom is 0.193 e. The molecule has 2 aliphatic carbocycles. The van der Waals surface area contributed by atoms with Gasteiger partial charge in [0.25, 0.3) is 0 Å². The number of carbonyl (C=O) groups is 1. The van der Waals surface area contributed by atoms with E-state index in [0.717, 1.165) is 6.42 Å². The first-order chi connectivity index (χ1) is 20.6. The summed E-state index contributed by atoms with van der Waals surface area (Å²) < 4.78 is 5.45. The molecule has 6 nitrogen and oxygen atoms in total. The van der Waals surface area contributed by atoms with E-state index in [4.69, 9.17) is 4.74 Å². The summed E-state index contributed by atoms with van der Waals surface area (Å²) in [4.78, 5) is 12.3. The fourth-order valence-electron chi connectivity index (χ4n) is 6.39. The Hall–Kier alpha value is -1.05. The Kier molecular flexibility index (Phi) is 27.0. The summed E-state index contributed by atoms with van der Waals surface area (Å²) in [5.74, 6) is -0.110. The third-order valence-corrected chi connectivity index (χ3v) is 9.27. The van der Waals surface area contributed by atoms with Crippen molar-refractivity contribution >= 4 is 5.78 Å². The average molecular weight is 629 g/mol. The van der Waals surface area contributed by atoms with Crippen molar-refractivity contribution in [1.82, 2.24) is 0 Å². The second kappa shape index (κ2) is 25.1. The van der Waals surface area contributed by atoms with E-state index < -0.39 is 35.6 Å². The molecule has 6 heteroatoms. The Labute approximate surface area is 273 Å². The topological polar surface area (TPSA) is 107 Å². The summed E-state index contributed by atoms with van der Waals surface area (Å²) in [5.41, 5.74) is -0.760. The number of hydrogen-bond donors (Lipinski definition) is 4. The SMILES string of the molecule is C/C=C\C(C)(C)/C(=C\C(C)O)CC.C1CCCCC1.CC.CC.CO[C@]1(C(=O)CO)[C@H](O)CCC1(C)CC(O)C(C)C(C)C. The molecule has 0 spiro atoms. The average Bonchev–Trinajstić information content (AvgIpc) is 3.27. The van der Waals surface area contributed by atoms with Crippen LogP contribution in [-0.2, 0) is 9.53 Å². The van der Waals surface area contributed by atoms with E-state index in [0.29, 0.717) is 25.2 Å². The van der Waals surface area contributed by atoms with Crippen molar-refractivity contribution in [2.24, 2.45) is 22.7 Å². The largest absolute Gasteiger partial charge is 0.393 e. The van der Waals surface area contributed by atoms with Gasteiger partial charge in [-0.2, -0.15) is 0 Å². The van der Waals surface area contributed by atoms with E-state index in [-0.39, 0.29) is 17.4 Å². The molecule has 4 N–H and O–H groups in total. The molecule has 2 rings (SSSR count).